The van der Waals surface area contributed by atoms with Crippen molar-refractivity contribution in [1.82, 2.24) is 0 Å². The summed E-state index contributed by atoms with van der Waals surface area (Å²) in [5.41, 5.74) is 1.95. The first-order valence-electron chi connectivity index (χ1n) is 2.02. The molecule has 0 aliphatic carbocycles. The smallest absolute Gasteiger partial charge is 0.0826 e. The van der Waals surface area contributed by atoms with Gasteiger partial charge in [-0.05, 0) is 6.26 Å². The highest BCUT2D eigenvalue weighted by Gasteiger charge is 1.94. The lowest BCUT2D eigenvalue weighted by atomic mass is 10.9. The molecule has 1 heterocycles. The molecule has 0 saturated heterocycles. The highest BCUT2D eigenvalue weighted by molar-refractivity contribution is 8.16. The van der Waals surface area contributed by atoms with Crippen LogP contribution in [0.1, 0.15) is 0 Å². The van der Waals surface area contributed by atoms with E-state index in [1.54, 1.807) is 11.8 Å². The minimum Gasteiger partial charge on any atom is -0.248 e. The van der Waals surface area contributed by atoms with Gasteiger partial charge in [-0.3, -0.25) is 0 Å². The number of nitrogens with zero attached hydrogens (tertiary/aromatic N) is 1. The van der Waals surface area contributed by atoms with Crippen molar-refractivity contribution in [1.29, 1.82) is 0 Å². The topological polar surface area (TPSA) is 12.4 Å². The minimum absolute atomic E-state index is 1.14. The summed E-state index contributed by atoms with van der Waals surface area (Å²) in [6.07, 6.45) is 2.06. The minimum atomic E-state index is 1.14. The summed E-state index contributed by atoms with van der Waals surface area (Å²) in [4.78, 5) is 4.10. The first-order valence-corrected chi connectivity index (χ1v) is 4.40. The van der Waals surface area contributed by atoms with Crippen LogP contribution in [0.25, 0.3) is 0 Å². The van der Waals surface area contributed by atoms with Crippen LogP contribution in [0.4, 0.5) is 0 Å². The largest absolute Gasteiger partial charge is 0.248 e. The Bertz CT molecular complexity index is 117. The van der Waals surface area contributed by atoms with Gasteiger partial charge in [0.2, 0.25) is 0 Å². The molecule has 1 aliphatic rings. The molecule has 40 valence electrons. The van der Waals surface area contributed by atoms with Crippen LogP contribution in [0.2, 0.25) is 0 Å². The molecule has 0 N–H and O–H groups in total. The highest BCUT2D eigenvalue weighted by Crippen LogP contribution is 2.06. The fourth-order valence-corrected chi connectivity index (χ4v) is 1.90. The molecule has 0 radical (unpaired) electrons. The molecule has 1 rings (SSSR count). The Morgan fingerprint density at radius 2 is 2.86 bits per heavy atom. The summed E-state index contributed by atoms with van der Waals surface area (Å²) in [6, 6.07) is 0. The lowest BCUT2D eigenvalue weighted by Gasteiger charge is -1.85. The van der Waals surface area contributed by atoms with E-state index in [4.69, 9.17) is 0 Å². The lowest BCUT2D eigenvalue weighted by molar-refractivity contribution is 1.84. The molecular formula is C4H7NS2. The van der Waals surface area contributed by atoms with Crippen LogP contribution in [-0.2, 0) is 0 Å². The van der Waals surface area contributed by atoms with Crippen LogP contribution in [0.15, 0.2) is 4.99 Å². The number of hydrogen-bond acceptors (Lipinski definition) is 2. The maximum absolute atomic E-state index is 4.10. The van der Waals surface area contributed by atoms with Gasteiger partial charge < -0.3 is 0 Å². The van der Waals surface area contributed by atoms with Crippen LogP contribution in [0.5, 0.6) is 0 Å². The van der Waals surface area contributed by atoms with Crippen molar-refractivity contribution in [2.45, 2.75) is 0 Å². The molecule has 0 spiro atoms. The Balaban J connectivity index is 2.45. The first-order chi connectivity index (χ1) is 3.43. The van der Waals surface area contributed by atoms with Crippen LogP contribution in [0, 0.1) is 0 Å². The average molecular weight is 133 g/mol. The van der Waals surface area contributed by atoms with Crippen LogP contribution < -0.4 is 0 Å². The second-order valence-corrected chi connectivity index (χ2v) is 2.97. The molecule has 0 aromatic rings. The van der Waals surface area contributed by atoms with Crippen LogP contribution in [0.3, 0.4) is 0 Å². The number of rotatable bonds is 0. The monoisotopic (exact) mass is 133 g/mol. The van der Waals surface area contributed by atoms with Gasteiger partial charge in [-0.25, -0.2) is 4.99 Å². The summed E-state index contributed by atoms with van der Waals surface area (Å²) in [5.74, 6) is 1.14. The molecule has 0 aromatic heterocycles. The number of hydrogen-bond donors (Lipinski definition) is 1. The van der Waals surface area contributed by atoms with Gasteiger partial charge in [0.25, 0.3) is 0 Å². The molecule has 0 amide bonds. The lowest BCUT2D eigenvalue weighted by Crippen LogP contribution is -1.86. The van der Waals surface area contributed by atoms with Crippen molar-refractivity contribution in [3.63, 3.8) is 0 Å². The maximum Gasteiger partial charge on any atom is 0.0826 e. The quantitative estimate of drug-likeness (QED) is 0.384. The van der Waals surface area contributed by atoms with Gasteiger partial charge in [-0.2, -0.15) is 11.4 Å². The van der Waals surface area contributed by atoms with Gasteiger partial charge in [0.1, 0.15) is 0 Å². The molecular weight excluding hydrogens is 126 g/mol. The Morgan fingerprint density at radius 1 is 2.00 bits per heavy atom. The third kappa shape index (κ3) is 1.31. The standard InChI is InChI=1S/C4H7NS2/c1-6-4-2-7-3-5-4/h3,7H,2H2,1H3. The predicted molar refractivity (Wildman–Crippen MR) is 40.9 cm³/mol. The van der Waals surface area contributed by atoms with Gasteiger partial charge in [-0.1, -0.05) is 0 Å². The zero-order chi connectivity index (χ0) is 5.11. The van der Waals surface area contributed by atoms with Gasteiger partial charge in [0, 0.05) is 11.2 Å². The molecule has 7 heavy (non-hydrogen) atoms. The molecule has 0 bridgehead atoms. The van der Waals surface area contributed by atoms with Gasteiger partial charge in [0.15, 0.2) is 0 Å². The van der Waals surface area contributed by atoms with E-state index < -0.39 is 0 Å². The second-order valence-electron chi connectivity index (χ2n) is 1.18. The Morgan fingerprint density at radius 3 is 3.14 bits per heavy atom. The van der Waals surface area contributed by atoms with Crippen molar-refractivity contribution in [3.8, 4) is 0 Å². The van der Waals surface area contributed by atoms with Gasteiger partial charge >= 0.3 is 0 Å². The molecule has 0 atom stereocenters. The number of aliphatic imine (C=N–C) groups is 1. The van der Waals surface area contributed by atoms with Gasteiger partial charge in [-0.15, -0.1) is 11.8 Å². The van der Waals surface area contributed by atoms with E-state index in [0.717, 1.165) is 5.75 Å². The van der Waals surface area contributed by atoms with E-state index in [1.807, 2.05) is 5.49 Å². The summed E-state index contributed by atoms with van der Waals surface area (Å²) >= 11 is 3.10. The second kappa shape index (κ2) is 2.52. The van der Waals surface area contributed by atoms with Crippen molar-refractivity contribution < 1.29 is 0 Å². The Labute approximate surface area is 51.2 Å². The first kappa shape index (κ1) is 5.38. The third-order valence-electron chi connectivity index (χ3n) is 0.746. The molecule has 0 fully saturated rings. The van der Waals surface area contributed by atoms with E-state index >= 15 is 0 Å². The summed E-state index contributed by atoms with van der Waals surface area (Å²) in [7, 11) is 0. The summed E-state index contributed by atoms with van der Waals surface area (Å²) < 4.78 is 0. The van der Waals surface area contributed by atoms with Crippen LogP contribution in [-0.4, -0.2) is 22.5 Å². The maximum atomic E-state index is 4.10. The molecule has 1 aliphatic heterocycles. The Kier molecular flexibility index (Phi) is 1.94. The number of thiol groups is 1. The van der Waals surface area contributed by atoms with E-state index in [2.05, 4.69) is 11.2 Å². The van der Waals surface area contributed by atoms with E-state index in [9.17, 15) is 0 Å². The zero-order valence-electron chi connectivity index (χ0n) is 4.09. The normalized spacial score (nSPS) is 18.7. The predicted octanol–water partition coefficient (Wildman–Crippen LogP) is 0.987. The summed E-state index contributed by atoms with van der Waals surface area (Å²) in [6.45, 7) is 0. The fourth-order valence-electron chi connectivity index (χ4n) is 0.382. The molecule has 0 aromatic carbocycles. The van der Waals surface area contributed by atoms with Crippen LogP contribution >= 0.6 is 23.1 Å². The fraction of sp³-hybridized carbons (Fsp3) is 0.500. The number of thioether (sulfide) groups is 1. The Hall–Kier alpha value is 0.240. The van der Waals surface area contributed by atoms with E-state index in [1.165, 1.54) is 16.4 Å². The highest BCUT2D eigenvalue weighted by atomic mass is 32.2. The molecule has 1 nitrogen and oxygen atoms in total. The SMILES string of the molecule is CSC1=NC=[SH]C1. The molecule has 0 saturated carbocycles. The van der Waals surface area contributed by atoms with Crippen molar-refractivity contribution >= 4 is 33.6 Å². The van der Waals surface area contributed by atoms with Crippen molar-refractivity contribution in [3.05, 3.63) is 0 Å². The van der Waals surface area contributed by atoms with Crippen molar-refractivity contribution in [2.75, 3.05) is 12.0 Å². The van der Waals surface area contributed by atoms with Crippen molar-refractivity contribution in [2.24, 2.45) is 4.99 Å². The van der Waals surface area contributed by atoms with E-state index in [-0.39, 0.29) is 0 Å². The summed E-state index contributed by atoms with van der Waals surface area (Å²) in [5, 5.41) is 1.27. The third-order valence-corrected chi connectivity index (χ3v) is 2.44. The zero-order valence-corrected chi connectivity index (χ0v) is 5.80. The van der Waals surface area contributed by atoms with E-state index in [0.29, 0.717) is 0 Å². The average Bonchev–Trinajstić information content (AvgIpc) is 2.14. The van der Waals surface area contributed by atoms with Gasteiger partial charge in [0.05, 0.1) is 5.04 Å². The molecule has 3 heteroatoms. The molecule has 0 unspecified atom stereocenters.